The van der Waals surface area contributed by atoms with Crippen molar-refractivity contribution in [1.29, 1.82) is 0 Å². The number of nitrogens with zero attached hydrogens (tertiary/aromatic N) is 3. The fourth-order valence-corrected chi connectivity index (χ4v) is 3.29. The van der Waals surface area contributed by atoms with E-state index in [0.717, 1.165) is 30.8 Å². The maximum Gasteiger partial charge on any atom is 0.288 e. The molecule has 0 fully saturated rings. The zero-order chi connectivity index (χ0) is 17.2. The van der Waals surface area contributed by atoms with Crippen LogP contribution in [0.25, 0.3) is 11.5 Å². The number of rotatable bonds is 4. The zero-order valence-corrected chi connectivity index (χ0v) is 14.8. The van der Waals surface area contributed by atoms with Crippen molar-refractivity contribution in [1.82, 2.24) is 14.7 Å². The number of ether oxygens (including phenoxy) is 1. The molecular formula is C19H19N3O2S. The molecule has 128 valence electrons. The summed E-state index contributed by atoms with van der Waals surface area (Å²) in [7, 11) is 1.65. The molecule has 0 radical (unpaired) electrons. The topological polar surface area (TPSA) is 43.4 Å². The van der Waals surface area contributed by atoms with Crippen molar-refractivity contribution in [3.8, 4) is 17.2 Å². The molecule has 0 saturated carbocycles. The Morgan fingerprint density at radius 1 is 1.12 bits per heavy atom. The van der Waals surface area contributed by atoms with E-state index in [1.54, 1.807) is 11.8 Å². The summed E-state index contributed by atoms with van der Waals surface area (Å²) >= 11 is 5.35. The lowest BCUT2D eigenvalue weighted by atomic mass is 10.0. The molecule has 0 atom stereocenters. The average Bonchev–Trinajstić information content (AvgIpc) is 3.02. The molecule has 0 spiro atoms. The van der Waals surface area contributed by atoms with Crippen LogP contribution < -0.4 is 4.74 Å². The Bertz CT molecular complexity index is 930. The third-order valence-electron chi connectivity index (χ3n) is 4.49. The molecule has 3 aromatic rings. The van der Waals surface area contributed by atoms with Crippen LogP contribution in [0, 0.1) is 4.84 Å². The molecule has 2 heterocycles. The van der Waals surface area contributed by atoms with Crippen LogP contribution in [-0.4, -0.2) is 28.3 Å². The molecule has 6 heteroatoms. The summed E-state index contributed by atoms with van der Waals surface area (Å²) in [5.74, 6) is 1.33. The Balaban J connectivity index is 1.52. The third kappa shape index (κ3) is 3.36. The Hall–Kier alpha value is -2.44. The maximum atomic E-state index is 5.68. The molecule has 0 unspecified atom stereocenters. The Kier molecular flexibility index (Phi) is 4.38. The van der Waals surface area contributed by atoms with Crippen molar-refractivity contribution in [3.63, 3.8) is 0 Å². The van der Waals surface area contributed by atoms with Crippen LogP contribution in [0.4, 0.5) is 0 Å². The van der Waals surface area contributed by atoms with Gasteiger partial charge >= 0.3 is 0 Å². The first kappa shape index (κ1) is 16.1. The predicted molar refractivity (Wildman–Crippen MR) is 97.9 cm³/mol. The van der Waals surface area contributed by atoms with E-state index in [-0.39, 0.29) is 0 Å². The smallest absolute Gasteiger partial charge is 0.288 e. The molecule has 5 nitrogen and oxygen atoms in total. The highest BCUT2D eigenvalue weighted by Gasteiger charge is 2.17. The molecule has 1 aromatic heterocycles. The quantitative estimate of drug-likeness (QED) is 0.666. The van der Waals surface area contributed by atoms with Gasteiger partial charge in [-0.25, -0.2) is 4.68 Å². The van der Waals surface area contributed by atoms with Crippen LogP contribution in [0.15, 0.2) is 52.9 Å². The molecular weight excluding hydrogens is 334 g/mol. The van der Waals surface area contributed by atoms with E-state index in [9.17, 15) is 0 Å². The minimum atomic E-state index is 0.393. The van der Waals surface area contributed by atoms with Crippen molar-refractivity contribution in [2.75, 3.05) is 13.7 Å². The molecule has 0 bridgehead atoms. The fourth-order valence-electron chi connectivity index (χ4n) is 3.11. The Labute approximate surface area is 151 Å². The van der Waals surface area contributed by atoms with Gasteiger partial charge in [0.25, 0.3) is 4.84 Å². The standard InChI is InChI=1S/C19H19N3O2S/c1-23-17-8-6-15(7-9-17)18-20-22(19(25)24-18)13-21-11-10-14-4-2-3-5-16(14)12-21/h2-9H,10-13H2,1H3. The lowest BCUT2D eigenvalue weighted by Crippen LogP contribution is -2.32. The number of hydrogen-bond donors (Lipinski definition) is 0. The number of benzene rings is 2. The van der Waals surface area contributed by atoms with Gasteiger partial charge < -0.3 is 9.15 Å². The third-order valence-corrected chi connectivity index (χ3v) is 4.78. The van der Waals surface area contributed by atoms with Gasteiger partial charge in [-0.3, -0.25) is 4.90 Å². The first-order valence-electron chi connectivity index (χ1n) is 8.24. The summed E-state index contributed by atoms with van der Waals surface area (Å²) in [6.45, 7) is 2.53. The normalized spacial score (nSPS) is 14.3. The van der Waals surface area contributed by atoms with E-state index in [2.05, 4.69) is 34.3 Å². The second kappa shape index (κ2) is 6.82. The predicted octanol–water partition coefficient (Wildman–Crippen LogP) is 3.90. The van der Waals surface area contributed by atoms with Crippen molar-refractivity contribution in [3.05, 3.63) is 64.5 Å². The van der Waals surface area contributed by atoms with Crippen LogP contribution in [0.5, 0.6) is 5.75 Å². The summed E-state index contributed by atoms with van der Waals surface area (Å²) in [5.41, 5.74) is 3.69. The van der Waals surface area contributed by atoms with Crippen molar-refractivity contribution >= 4 is 12.2 Å². The SMILES string of the molecule is COc1ccc(-c2nn(CN3CCc4ccccc4C3)c(=S)o2)cc1. The fraction of sp³-hybridized carbons (Fsp3) is 0.263. The van der Waals surface area contributed by atoms with Crippen LogP contribution in [0.1, 0.15) is 11.1 Å². The van der Waals surface area contributed by atoms with Crippen LogP contribution in [0.2, 0.25) is 0 Å². The summed E-state index contributed by atoms with van der Waals surface area (Å²) in [6.07, 6.45) is 1.05. The van der Waals surface area contributed by atoms with Gasteiger partial charge in [0.05, 0.1) is 13.8 Å². The maximum absolute atomic E-state index is 5.68. The van der Waals surface area contributed by atoms with Crippen molar-refractivity contribution < 1.29 is 9.15 Å². The summed E-state index contributed by atoms with van der Waals surface area (Å²) in [5, 5.41) is 4.55. The molecule has 0 N–H and O–H groups in total. The lowest BCUT2D eigenvalue weighted by Gasteiger charge is -2.28. The second-order valence-electron chi connectivity index (χ2n) is 6.11. The summed E-state index contributed by atoms with van der Waals surface area (Å²) in [4.78, 5) is 2.73. The number of aromatic nitrogens is 2. The van der Waals surface area contributed by atoms with E-state index in [4.69, 9.17) is 21.4 Å². The molecule has 25 heavy (non-hydrogen) atoms. The van der Waals surface area contributed by atoms with Gasteiger partial charge in [-0.1, -0.05) is 24.3 Å². The lowest BCUT2D eigenvalue weighted by molar-refractivity contribution is 0.186. The first-order valence-corrected chi connectivity index (χ1v) is 8.65. The van der Waals surface area contributed by atoms with E-state index in [0.29, 0.717) is 17.4 Å². The van der Waals surface area contributed by atoms with Crippen LogP contribution in [0.3, 0.4) is 0 Å². The van der Waals surface area contributed by atoms with Gasteiger partial charge in [-0.05, 0) is 54.0 Å². The molecule has 1 aliphatic heterocycles. The number of hydrogen-bond acceptors (Lipinski definition) is 5. The van der Waals surface area contributed by atoms with E-state index >= 15 is 0 Å². The van der Waals surface area contributed by atoms with Gasteiger partial charge in [-0.2, -0.15) is 0 Å². The summed E-state index contributed by atoms with van der Waals surface area (Å²) < 4.78 is 12.6. The minimum Gasteiger partial charge on any atom is -0.497 e. The molecule has 1 aliphatic rings. The molecule has 4 rings (SSSR count). The first-order chi connectivity index (χ1) is 12.2. The second-order valence-corrected chi connectivity index (χ2v) is 6.46. The van der Waals surface area contributed by atoms with Crippen LogP contribution >= 0.6 is 12.2 Å². The van der Waals surface area contributed by atoms with E-state index < -0.39 is 0 Å². The Morgan fingerprint density at radius 3 is 2.64 bits per heavy atom. The number of methoxy groups -OCH3 is 1. The molecule has 2 aromatic carbocycles. The number of fused-ring (bicyclic) bond motifs is 1. The molecule has 0 saturated heterocycles. The Morgan fingerprint density at radius 2 is 1.88 bits per heavy atom. The highest BCUT2D eigenvalue weighted by atomic mass is 32.1. The van der Waals surface area contributed by atoms with Gasteiger partial charge in [0.2, 0.25) is 5.89 Å². The van der Waals surface area contributed by atoms with Crippen molar-refractivity contribution in [2.24, 2.45) is 0 Å². The highest BCUT2D eigenvalue weighted by Crippen LogP contribution is 2.22. The van der Waals surface area contributed by atoms with Gasteiger partial charge in [0, 0.05) is 18.7 Å². The van der Waals surface area contributed by atoms with Gasteiger partial charge in [-0.15, -0.1) is 5.10 Å². The van der Waals surface area contributed by atoms with Gasteiger partial charge in [0.1, 0.15) is 5.75 Å². The van der Waals surface area contributed by atoms with Gasteiger partial charge in [0.15, 0.2) is 0 Å². The summed E-state index contributed by atoms with van der Waals surface area (Å²) in [6, 6.07) is 16.2. The van der Waals surface area contributed by atoms with Crippen molar-refractivity contribution in [2.45, 2.75) is 19.6 Å². The minimum absolute atomic E-state index is 0.393. The van der Waals surface area contributed by atoms with E-state index in [1.165, 1.54) is 11.1 Å². The highest BCUT2D eigenvalue weighted by molar-refractivity contribution is 7.71. The molecule has 0 aliphatic carbocycles. The van der Waals surface area contributed by atoms with Crippen LogP contribution in [-0.2, 0) is 19.6 Å². The zero-order valence-electron chi connectivity index (χ0n) is 14.0. The monoisotopic (exact) mass is 353 g/mol. The van der Waals surface area contributed by atoms with E-state index in [1.807, 2.05) is 24.3 Å². The average molecular weight is 353 g/mol. The molecule has 0 amide bonds. The largest absolute Gasteiger partial charge is 0.497 e.